The van der Waals surface area contributed by atoms with Crippen LogP contribution in [-0.4, -0.2) is 4.92 Å². The van der Waals surface area contributed by atoms with E-state index < -0.39 is 22.4 Å². The third-order valence-corrected chi connectivity index (χ3v) is 1.38. The minimum Gasteiger partial charge on any atom is -0.258 e. The fourth-order valence-electron chi connectivity index (χ4n) is 0.796. The van der Waals surface area contributed by atoms with Crippen molar-refractivity contribution in [3.63, 3.8) is 0 Å². The number of halogens is 3. The van der Waals surface area contributed by atoms with Crippen LogP contribution < -0.4 is 0 Å². The molecule has 0 heterocycles. The molecule has 15 heavy (non-hydrogen) atoms. The number of hydrogen-bond acceptors (Lipinski definition) is 4. The number of nitro benzene ring substituents is 1. The summed E-state index contributed by atoms with van der Waals surface area (Å²) in [4.78, 5) is 9.25. The van der Waals surface area contributed by atoms with Crippen LogP contribution in [0, 0.1) is 20.9 Å². The van der Waals surface area contributed by atoms with E-state index in [9.17, 15) is 23.3 Å². The van der Waals surface area contributed by atoms with Gasteiger partial charge in [-0.1, -0.05) is 6.07 Å². The van der Waals surface area contributed by atoms with Crippen molar-refractivity contribution in [2.45, 2.75) is 6.18 Å². The molecule has 0 fully saturated rings. The van der Waals surface area contributed by atoms with E-state index in [0.29, 0.717) is 6.07 Å². The lowest BCUT2D eigenvalue weighted by Gasteiger charge is -2.04. The molecule has 0 unspecified atom stereocenters. The van der Waals surface area contributed by atoms with Crippen molar-refractivity contribution in [2.75, 3.05) is 0 Å². The largest absolute Gasteiger partial charge is 0.416 e. The maximum Gasteiger partial charge on any atom is 0.416 e. The van der Waals surface area contributed by atoms with Gasteiger partial charge in [-0.15, -0.1) is 0 Å². The molecule has 0 amide bonds. The van der Waals surface area contributed by atoms with Crippen LogP contribution in [0.2, 0.25) is 0 Å². The minimum absolute atomic E-state index is 0.500. The highest BCUT2D eigenvalue weighted by Crippen LogP contribution is 2.30. The van der Waals surface area contributed by atoms with Crippen LogP contribution in [0.3, 0.4) is 0 Å². The molecule has 0 spiro atoms. The second kappa shape index (κ2) is 4.90. The van der Waals surface area contributed by atoms with E-state index in [-0.39, 0.29) is 0 Å². The third-order valence-electron chi connectivity index (χ3n) is 1.38. The first-order chi connectivity index (χ1) is 6.91. The average molecular weight is 219 g/mol. The molecule has 0 aliphatic carbocycles. The van der Waals surface area contributed by atoms with Crippen molar-refractivity contribution < 1.29 is 18.1 Å². The first-order valence-corrected chi connectivity index (χ1v) is 3.43. The summed E-state index contributed by atoms with van der Waals surface area (Å²) >= 11 is 0. The second-order valence-corrected chi connectivity index (χ2v) is 2.31. The Labute approximate surface area is 81.7 Å². The lowest BCUT2D eigenvalue weighted by molar-refractivity contribution is -0.385. The Hall–Kier alpha value is -2.17. The molecule has 0 bridgehead atoms. The topological polar surface area (TPSA) is 90.7 Å². The van der Waals surface area contributed by atoms with E-state index in [2.05, 4.69) is 0 Å². The van der Waals surface area contributed by atoms with Gasteiger partial charge in [-0.2, -0.15) is 13.2 Å². The average Bonchev–Trinajstić information content (AvgIpc) is 2.20. The molecule has 80 valence electrons. The van der Waals surface area contributed by atoms with Crippen molar-refractivity contribution in [2.24, 2.45) is 0 Å². The highest BCUT2D eigenvalue weighted by molar-refractivity contribution is 5.35. The Bertz CT molecular complexity index is 375. The molecule has 0 aromatic heterocycles. The first kappa shape index (κ1) is 12.8. The highest BCUT2D eigenvalue weighted by Gasteiger charge is 2.31. The molecule has 0 radical (unpaired) electrons. The molecule has 0 N–H and O–H groups in total. The van der Waals surface area contributed by atoms with Crippen molar-refractivity contribution in [1.82, 2.24) is 0 Å². The minimum atomic E-state index is -4.54. The molecule has 0 saturated carbocycles. The summed E-state index contributed by atoms with van der Waals surface area (Å²) < 4.78 is 36.0. The number of nitro groups is 1. The quantitative estimate of drug-likeness (QED) is 0.412. The van der Waals surface area contributed by atoms with Gasteiger partial charge in [0.2, 0.25) is 0 Å². The number of rotatable bonds is 1. The number of non-ortho nitro benzene ring substituents is 1. The van der Waals surface area contributed by atoms with Gasteiger partial charge in [0.15, 0.2) is 0 Å². The zero-order valence-electron chi connectivity index (χ0n) is 7.10. The fraction of sp³-hybridized carbons (Fsp3) is 0.143. The predicted octanol–water partition coefficient (Wildman–Crippen LogP) is 2.64. The van der Waals surface area contributed by atoms with E-state index in [1.54, 1.807) is 0 Å². The fourth-order valence-corrected chi connectivity index (χ4v) is 0.796. The Morgan fingerprint density at radius 1 is 1.27 bits per heavy atom. The standard InChI is InChI=1S/C7H4F3NO2.N2/c8-7(9,10)5-2-1-3-6(4-5)11(12)13;1-2/h1-4H;. The smallest absolute Gasteiger partial charge is 0.258 e. The lowest BCUT2D eigenvalue weighted by atomic mass is 10.2. The van der Waals surface area contributed by atoms with Crippen LogP contribution in [0.4, 0.5) is 18.9 Å². The summed E-state index contributed by atoms with van der Waals surface area (Å²) in [6, 6.07) is 3.29. The van der Waals surface area contributed by atoms with Gasteiger partial charge in [0, 0.05) is 22.9 Å². The normalized spacial score (nSPS) is 9.93. The summed E-state index contributed by atoms with van der Waals surface area (Å²) in [5.74, 6) is 0. The molecule has 0 atom stereocenters. The molecule has 5 nitrogen and oxygen atoms in total. The maximum atomic E-state index is 12.0. The molecular formula is C7H4F3N3O2. The molecule has 0 aliphatic rings. The lowest BCUT2D eigenvalue weighted by Crippen LogP contribution is -2.04. The summed E-state index contributed by atoms with van der Waals surface area (Å²) in [6.07, 6.45) is -4.54. The zero-order valence-corrected chi connectivity index (χ0v) is 7.10. The van der Waals surface area contributed by atoms with E-state index in [4.69, 9.17) is 10.8 Å². The zero-order chi connectivity index (χ0) is 12.1. The van der Waals surface area contributed by atoms with E-state index in [0.717, 1.165) is 18.2 Å². The Morgan fingerprint density at radius 3 is 2.20 bits per heavy atom. The molecular weight excluding hydrogens is 215 g/mol. The highest BCUT2D eigenvalue weighted by atomic mass is 19.4. The predicted molar refractivity (Wildman–Crippen MR) is 41.5 cm³/mol. The Balaban J connectivity index is 0.000000921. The van der Waals surface area contributed by atoms with Crippen LogP contribution in [0.5, 0.6) is 0 Å². The van der Waals surface area contributed by atoms with Gasteiger partial charge in [-0.3, -0.25) is 10.1 Å². The van der Waals surface area contributed by atoms with E-state index in [1.807, 2.05) is 0 Å². The van der Waals surface area contributed by atoms with Gasteiger partial charge in [0.25, 0.3) is 5.69 Å². The second-order valence-electron chi connectivity index (χ2n) is 2.31. The first-order valence-electron chi connectivity index (χ1n) is 3.43. The van der Waals surface area contributed by atoms with Gasteiger partial charge in [-0.25, -0.2) is 0 Å². The van der Waals surface area contributed by atoms with Crippen molar-refractivity contribution in [1.29, 1.82) is 10.8 Å². The molecule has 1 rings (SSSR count). The third kappa shape index (κ3) is 3.60. The maximum absolute atomic E-state index is 12.0. The Morgan fingerprint density at radius 2 is 1.80 bits per heavy atom. The van der Waals surface area contributed by atoms with Crippen molar-refractivity contribution >= 4 is 5.69 Å². The van der Waals surface area contributed by atoms with Crippen LogP contribution >= 0.6 is 0 Å². The van der Waals surface area contributed by atoms with E-state index in [1.165, 1.54) is 0 Å². The Kier molecular flexibility index (Phi) is 4.19. The van der Waals surface area contributed by atoms with Crippen LogP contribution in [-0.2, 0) is 6.18 Å². The van der Waals surface area contributed by atoms with Gasteiger partial charge in [-0.05, 0) is 6.07 Å². The summed E-state index contributed by atoms with van der Waals surface area (Å²) in [5, 5.41) is 22.1. The van der Waals surface area contributed by atoms with Gasteiger partial charge in [0.1, 0.15) is 0 Å². The van der Waals surface area contributed by atoms with Gasteiger partial charge in [0.05, 0.1) is 10.5 Å². The molecule has 0 saturated heterocycles. The molecule has 8 heteroatoms. The number of benzene rings is 1. The van der Waals surface area contributed by atoms with Crippen molar-refractivity contribution in [3.05, 3.63) is 39.9 Å². The summed E-state index contributed by atoms with van der Waals surface area (Å²) in [5.41, 5.74) is -1.57. The number of alkyl halides is 3. The van der Waals surface area contributed by atoms with Crippen LogP contribution in [0.15, 0.2) is 24.3 Å². The SMILES string of the molecule is N#N.O=[N+]([O-])c1cccc(C(F)(F)F)c1. The van der Waals surface area contributed by atoms with Crippen LogP contribution in [0.1, 0.15) is 5.56 Å². The van der Waals surface area contributed by atoms with E-state index >= 15 is 0 Å². The number of hydrogen-bond donors (Lipinski definition) is 0. The summed E-state index contributed by atoms with van der Waals surface area (Å²) in [6.45, 7) is 0. The molecule has 0 aliphatic heterocycles. The van der Waals surface area contributed by atoms with Gasteiger partial charge < -0.3 is 0 Å². The molecule has 1 aromatic carbocycles. The molecule has 1 aromatic rings. The van der Waals surface area contributed by atoms with Gasteiger partial charge >= 0.3 is 6.18 Å². The van der Waals surface area contributed by atoms with Crippen LogP contribution in [0.25, 0.3) is 0 Å². The number of nitrogens with zero attached hydrogens (tertiary/aromatic N) is 3. The summed E-state index contributed by atoms with van der Waals surface area (Å²) in [7, 11) is 0. The monoisotopic (exact) mass is 219 g/mol. The van der Waals surface area contributed by atoms with Crippen molar-refractivity contribution in [3.8, 4) is 0 Å².